The van der Waals surface area contributed by atoms with E-state index in [0.29, 0.717) is 15.2 Å². The van der Waals surface area contributed by atoms with Crippen LogP contribution in [-0.2, 0) is 4.79 Å². The molecular formula is C15H9Br2ClO2. The highest BCUT2D eigenvalue weighted by Gasteiger charge is 2.06. The van der Waals surface area contributed by atoms with Crippen molar-refractivity contribution >= 4 is 55.5 Å². The van der Waals surface area contributed by atoms with Gasteiger partial charge in [-0.3, -0.25) is 0 Å². The van der Waals surface area contributed by atoms with Gasteiger partial charge >= 0.3 is 5.97 Å². The van der Waals surface area contributed by atoms with Gasteiger partial charge in [-0.15, -0.1) is 0 Å². The van der Waals surface area contributed by atoms with E-state index in [9.17, 15) is 4.79 Å². The number of benzene rings is 2. The zero-order valence-electron chi connectivity index (χ0n) is 10.1. The molecule has 0 amide bonds. The molecule has 0 unspecified atom stereocenters. The molecule has 0 aliphatic carbocycles. The molecule has 0 aliphatic heterocycles. The van der Waals surface area contributed by atoms with Crippen LogP contribution in [0.1, 0.15) is 5.56 Å². The number of carbonyl (C=O) groups excluding carboxylic acids is 1. The summed E-state index contributed by atoms with van der Waals surface area (Å²) in [6.07, 6.45) is 2.97. The van der Waals surface area contributed by atoms with Gasteiger partial charge in [-0.2, -0.15) is 0 Å². The van der Waals surface area contributed by atoms with E-state index in [-0.39, 0.29) is 0 Å². The highest BCUT2D eigenvalue weighted by Crippen LogP contribution is 2.28. The lowest BCUT2D eigenvalue weighted by molar-refractivity contribution is -0.128. The molecule has 0 radical (unpaired) electrons. The first kappa shape index (κ1) is 15.3. The number of hydrogen-bond donors (Lipinski definition) is 0. The first-order valence-electron chi connectivity index (χ1n) is 5.66. The zero-order valence-corrected chi connectivity index (χ0v) is 14.1. The maximum Gasteiger partial charge on any atom is 0.336 e. The summed E-state index contributed by atoms with van der Waals surface area (Å²) in [5.41, 5.74) is 0.765. The Hall–Kier alpha value is -1.10. The van der Waals surface area contributed by atoms with E-state index in [2.05, 4.69) is 31.9 Å². The molecule has 2 aromatic carbocycles. The second-order valence-electron chi connectivity index (χ2n) is 3.85. The highest BCUT2D eigenvalue weighted by atomic mass is 79.9. The fourth-order valence-electron chi connectivity index (χ4n) is 1.47. The number of ether oxygens (including phenoxy) is 1. The highest BCUT2D eigenvalue weighted by molar-refractivity contribution is 9.11. The smallest absolute Gasteiger partial charge is 0.336 e. The Kier molecular flexibility index (Phi) is 5.40. The van der Waals surface area contributed by atoms with Crippen LogP contribution >= 0.6 is 43.5 Å². The SMILES string of the molecule is O=C(/C=C/c1ccccc1Cl)Oc1ccc(Br)cc1Br. The van der Waals surface area contributed by atoms with Gasteiger partial charge in [0.05, 0.1) is 4.47 Å². The summed E-state index contributed by atoms with van der Waals surface area (Å²) in [5, 5.41) is 0.585. The topological polar surface area (TPSA) is 26.3 Å². The maximum atomic E-state index is 11.7. The molecule has 2 aromatic rings. The average Bonchev–Trinajstić information content (AvgIpc) is 2.41. The van der Waals surface area contributed by atoms with Crippen LogP contribution in [0.5, 0.6) is 5.75 Å². The average molecular weight is 416 g/mol. The monoisotopic (exact) mass is 414 g/mol. The van der Waals surface area contributed by atoms with Gasteiger partial charge in [-0.25, -0.2) is 4.79 Å². The quantitative estimate of drug-likeness (QED) is 0.376. The van der Waals surface area contributed by atoms with Crippen LogP contribution in [0.4, 0.5) is 0 Å². The third-order valence-electron chi connectivity index (χ3n) is 2.41. The molecule has 0 aromatic heterocycles. The van der Waals surface area contributed by atoms with Crippen molar-refractivity contribution in [3.05, 3.63) is 68.1 Å². The van der Waals surface area contributed by atoms with E-state index in [1.165, 1.54) is 6.08 Å². The van der Waals surface area contributed by atoms with Crippen LogP contribution in [0, 0.1) is 0 Å². The molecular weight excluding hydrogens is 407 g/mol. The predicted octanol–water partition coefficient (Wildman–Crippen LogP) is 5.48. The van der Waals surface area contributed by atoms with Crippen LogP contribution in [0.15, 0.2) is 57.5 Å². The Labute approximate surface area is 138 Å². The van der Waals surface area contributed by atoms with Crippen molar-refractivity contribution in [1.29, 1.82) is 0 Å². The molecule has 2 rings (SSSR count). The van der Waals surface area contributed by atoms with Crippen molar-refractivity contribution in [1.82, 2.24) is 0 Å². The molecule has 0 fully saturated rings. The molecule has 0 atom stereocenters. The summed E-state index contributed by atoms with van der Waals surface area (Å²) in [4.78, 5) is 11.7. The minimum Gasteiger partial charge on any atom is -0.422 e. The van der Waals surface area contributed by atoms with Crippen molar-refractivity contribution in [2.75, 3.05) is 0 Å². The van der Waals surface area contributed by atoms with Crippen LogP contribution in [0.3, 0.4) is 0 Å². The molecule has 0 spiro atoms. The van der Waals surface area contributed by atoms with Gasteiger partial charge in [0.1, 0.15) is 5.75 Å². The molecule has 5 heteroatoms. The molecule has 102 valence electrons. The number of esters is 1. The fraction of sp³-hybridized carbons (Fsp3) is 0. The minimum absolute atomic E-state index is 0.460. The van der Waals surface area contributed by atoms with E-state index in [4.69, 9.17) is 16.3 Å². The molecule has 0 bridgehead atoms. The van der Waals surface area contributed by atoms with Gasteiger partial charge in [0.25, 0.3) is 0 Å². The van der Waals surface area contributed by atoms with Gasteiger partial charge in [-0.05, 0) is 51.8 Å². The summed E-state index contributed by atoms with van der Waals surface area (Å²) in [6, 6.07) is 12.6. The lowest BCUT2D eigenvalue weighted by atomic mass is 10.2. The molecule has 0 saturated heterocycles. The zero-order chi connectivity index (χ0) is 14.5. The van der Waals surface area contributed by atoms with Crippen molar-refractivity contribution < 1.29 is 9.53 Å². The Bertz CT molecular complexity index is 669. The fourth-order valence-corrected chi connectivity index (χ4v) is 2.80. The van der Waals surface area contributed by atoms with Gasteiger partial charge in [0.15, 0.2) is 0 Å². The summed E-state index contributed by atoms with van der Waals surface area (Å²) >= 11 is 12.7. The van der Waals surface area contributed by atoms with E-state index in [0.717, 1.165) is 10.0 Å². The Balaban J connectivity index is 2.08. The number of carbonyl (C=O) groups is 1. The summed E-state index contributed by atoms with van der Waals surface area (Å²) in [5.74, 6) is -0.00468. The van der Waals surface area contributed by atoms with Crippen LogP contribution in [-0.4, -0.2) is 5.97 Å². The summed E-state index contributed by atoms with van der Waals surface area (Å²) in [7, 11) is 0. The predicted molar refractivity (Wildman–Crippen MR) is 88.0 cm³/mol. The number of halogens is 3. The van der Waals surface area contributed by atoms with Crippen molar-refractivity contribution in [3.63, 3.8) is 0 Å². The van der Waals surface area contributed by atoms with Crippen LogP contribution in [0.2, 0.25) is 5.02 Å². The van der Waals surface area contributed by atoms with Crippen molar-refractivity contribution in [3.8, 4) is 5.75 Å². The van der Waals surface area contributed by atoms with Gasteiger partial charge in [-0.1, -0.05) is 45.7 Å². The number of rotatable bonds is 3. The molecule has 0 saturated carbocycles. The Morgan fingerprint density at radius 2 is 1.90 bits per heavy atom. The first-order chi connectivity index (χ1) is 9.56. The number of hydrogen-bond acceptors (Lipinski definition) is 2. The lowest BCUT2D eigenvalue weighted by Crippen LogP contribution is -2.04. The van der Waals surface area contributed by atoms with E-state index < -0.39 is 5.97 Å². The Morgan fingerprint density at radius 1 is 1.15 bits per heavy atom. The lowest BCUT2D eigenvalue weighted by Gasteiger charge is -2.04. The van der Waals surface area contributed by atoms with Crippen LogP contribution in [0.25, 0.3) is 6.08 Å². The van der Waals surface area contributed by atoms with Crippen molar-refractivity contribution in [2.24, 2.45) is 0 Å². The molecule has 0 heterocycles. The largest absolute Gasteiger partial charge is 0.422 e. The van der Waals surface area contributed by atoms with Crippen LogP contribution < -0.4 is 4.74 Å². The third-order valence-corrected chi connectivity index (χ3v) is 3.87. The van der Waals surface area contributed by atoms with Gasteiger partial charge < -0.3 is 4.74 Å². The maximum absolute atomic E-state index is 11.7. The molecule has 20 heavy (non-hydrogen) atoms. The molecule has 0 aliphatic rings. The standard InChI is InChI=1S/C15H9Br2ClO2/c16-11-6-7-14(12(17)9-11)20-15(19)8-5-10-3-1-2-4-13(10)18/h1-9H/b8-5+. The molecule has 0 N–H and O–H groups in total. The van der Waals surface area contributed by atoms with E-state index in [1.807, 2.05) is 18.2 Å². The van der Waals surface area contributed by atoms with Gasteiger partial charge in [0.2, 0.25) is 0 Å². The minimum atomic E-state index is -0.465. The van der Waals surface area contributed by atoms with E-state index >= 15 is 0 Å². The Morgan fingerprint density at radius 3 is 2.60 bits per heavy atom. The second-order valence-corrected chi connectivity index (χ2v) is 6.03. The normalized spacial score (nSPS) is 10.8. The second kappa shape index (κ2) is 7.07. The van der Waals surface area contributed by atoms with Gasteiger partial charge in [0, 0.05) is 15.6 Å². The summed E-state index contributed by atoms with van der Waals surface area (Å²) in [6.45, 7) is 0. The third kappa shape index (κ3) is 4.20. The first-order valence-corrected chi connectivity index (χ1v) is 7.62. The molecule has 2 nitrogen and oxygen atoms in total. The van der Waals surface area contributed by atoms with Crippen molar-refractivity contribution in [2.45, 2.75) is 0 Å². The summed E-state index contributed by atoms with van der Waals surface area (Å²) < 4.78 is 6.82. The van der Waals surface area contributed by atoms with E-state index in [1.54, 1.807) is 30.3 Å².